The van der Waals surface area contributed by atoms with Crippen LogP contribution in [0, 0.1) is 17.0 Å². The Bertz CT molecular complexity index is 732. The van der Waals surface area contributed by atoms with E-state index in [2.05, 4.69) is 10.6 Å². The third-order valence-corrected chi connectivity index (χ3v) is 3.13. The fraction of sp³-hybridized carbons (Fsp3) is 0.0667. The van der Waals surface area contributed by atoms with Crippen LogP contribution in [0.5, 0.6) is 0 Å². The number of carbonyl (C=O) groups is 1. The van der Waals surface area contributed by atoms with Crippen LogP contribution in [0.4, 0.5) is 11.4 Å². The molecule has 0 radical (unpaired) electrons. The zero-order chi connectivity index (χ0) is 16.1. The van der Waals surface area contributed by atoms with Crippen LogP contribution in [0.3, 0.4) is 0 Å². The predicted octanol–water partition coefficient (Wildman–Crippen LogP) is 3.03. The average Bonchev–Trinajstić information content (AvgIpc) is 2.49. The van der Waals surface area contributed by atoms with Gasteiger partial charge >= 0.3 is 0 Å². The molecule has 2 rings (SSSR count). The first-order valence-corrected chi connectivity index (χ1v) is 6.80. The highest BCUT2D eigenvalue weighted by Crippen LogP contribution is 2.22. The second kappa shape index (κ2) is 6.77. The molecule has 0 atom stereocenters. The summed E-state index contributed by atoms with van der Waals surface area (Å²) in [6, 6.07) is 13.3. The number of anilines is 1. The Balaban J connectivity index is 2.05. The first kappa shape index (κ1) is 15.6. The molecule has 0 unspecified atom stereocenters. The van der Waals surface area contributed by atoms with Gasteiger partial charge in [-0.1, -0.05) is 24.3 Å². The molecule has 6 nitrogen and oxygen atoms in total. The van der Waals surface area contributed by atoms with Crippen molar-refractivity contribution in [3.05, 3.63) is 69.8 Å². The third kappa shape index (κ3) is 3.86. The van der Waals surface area contributed by atoms with Crippen LogP contribution in [0.1, 0.15) is 15.9 Å². The number of amides is 1. The second-order valence-electron chi connectivity index (χ2n) is 4.53. The highest BCUT2D eigenvalue weighted by molar-refractivity contribution is 7.80. The molecule has 112 valence electrons. The van der Waals surface area contributed by atoms with E-state index in [-0.39, 0.29) is 16.7 Å². The van der Waals surface area contributed by atoms with E-state index in [1.54, 1.807) is 49.4 Å². The number of nitro groups is 1. The van der Waals surface area contributed by atoms with E-state index < -0.39 is 4.92 Å². The highest BCUT2D eigenvalue weighted by atomic mass is 32.1. The molecule has 1 amide bonds. The van der Waals surface area contributed by atoms with E-state index in [9.17, 15) is 14.9 Å². The molecule has 22 heavy (non-hydrogen) atoms. The lowest BCUT2D eigenvalue weighted by molar-refractivity contribution is -0.385. The van der Waals surface area contributed by atoms with Crippen molar-refractivity contribution >= 4 is 34.6 Å². The molecule has 0 saturated carbocycles. The molecular formula is C15H13N3O3S. The van der Waals surface area contributed by atoms with Gasteiger partial charge in [0.15, 0.2) is 5.11 Å². The normalized spacial score (nSPS) is 9.86. The van der Waals surface area contributed by atoms with E-state index in [1.807, 2.05) is 0 Å². The highest BCUT2D eigenvalue weighted by Gasteiger charge is 2.12. The van der Waals surface area contributed by atoms with Gasteiger partial charge in [0.2, 0.25) is 0 Å². The van der Waals surface area contributed by atoms with E-state index in [0.717, 1.165) is 0 Å². The van der Waals surface area contributed by atoms with E-state index >= 15 is 0 Å². The topological polar surface area (TPSA) is 84.3 Å². The van der Waals surface area contributed by atoms with Gasteiger partial charge in [-0.25, -0.2) is 0 Å². The zero-order valence-corrected chi connectivity index (χ0v) is 12.5. The SMILES string of the molecule is Cc1ccc(NC(=S)NC(=O)c2ccccc2)cc1[N+](=O)[O-]. The molecule has 0 aliphatic carbocycles. The van der Waals surface area contributed by atoms with Gasteiger partial charge in [-0.15, -0.1) is 0 Å². The molecular weight excluding hydrogens is 302 g/mol. The smallest absolute Gasteiger partial charge is 0.274 e. The summed E-state index contributed by atoms with van der Waals surface area (Å²) in [5.74, 6) is -0.347. The number of nitrogens with zero attached hydrogens (tertiary/aromatic N) is 1. The Morgan fingerprint density at radius 3 is 2.50 bits per heavy atom. The van der Waals surface area contributed by atoms with Gasteiger partial charge in [0.05, 0.1) is 4.92 Å². The van der Waals surface area contributed by atoms with Crippen LogP contribution in [0.25, 0.3) is 0 Å². The van der Waals surface area contributed by atoms with Gasteiger partial charge in [0, 0.05) is 22.9 Å². The van der Waals surface area contributed by atoms with Gasteiger partial charge in [0.25, 0.3) is 11.6 Å². The summed E-state index contributed by atoms with van der Waals surface area (Å²) in [5.41, 5.74) is 1.45. The van der Waals surface area contributed by atoms with Gasteiger partial charge in [0.1, 0.15) is 0 Å². The fourth-order valence-electron chi connectivity index (χ4n) is 1.81. The van der Waals surface area contributed by atoms with Crippen molar-refractivity contribution in [2.24, 2.45) is 0 Å². The summed E-state index contributed by atoms with van der Waals surface area (Å²) in [5, 5.41) is 16.3. The quantitative estimate of drug-likeness (QED) is 0.517. The fourth-order valence-corrected chi connectivity index (χ4v) is 2.02. The van der Waals surface area contributed by atoms with E-state index in [1.165, 1.54) is 6.07 Å². The van der Waals surface area contributed by atoms with Gasteiger partial charge in [-0.2, -0.15) is 0 Å². The number of carbonyl (C=O) groups excluding carboxylic acids is 1. The minimum absolute atomic E-state index is 0.0119. The molecule has 0 aliphatic heterocycles. The molecule has 0 spiro atoms. The standard InChI is InChI=1S/C15H13N3O3S/c1-10-7-8-12(9-13(10)18(20)21)16-15(22)17-14(19)11-5-3-2-4-6-11/h2-9H,1H3,(H2,16,17,19,22). The lowest BCUT2D eigenvalue weighted by Gasteiger charge is -2.10. The summed E-state index contributed by atoms with van der Waals surface area (Å²) < 4.78 is 0. The Morgan fingerprint density at radius 1 is 1.18 bits per heavy atom. The largest absolute Gasteiger partial charge is 0.332 e. The third-order valence-electron chi connectivity index (χ3n) is 2.93. The van der Waals surface area contributed by atoms with E-state index in [4.69, 9.17) is 12.2 Å². The molecule has 0 heterocycles. The maximum Gasteiger partial charge on any atom is 0.274 e. The number of aryl methyl sites for hydroxylation is 1. The molecule has 2 aromatic rings. The molecule has 2 aromatic carbocycles. The van der Waals surface area contributed by atoms with Crippen LogP contribution in [-0.2, 0) is 0 Å². The number of hydrogen-bond acceptors (Lipinski definition) is 4. The molecule has 0 aromatic heterocycles. The van der Waals surface area contributed by atoms with Crippen molar-refractivity contribution in [3.8, 4) is 0 Å². The summed E-state index contributed by atoms with van der Waals surface area (Å²) in [6.07, 6.45) is 0. The first-order chi connectivity index (χ1) is 10.5. The zero-order valence-electron chi connectivity index (χ0n) is 11.7. The maximum atomic E-state index is 11.9. The van der Waals surface area contributed by atoms with Gasteiger partial charge in [-0.05, 0) is 37.3 Å². The summed E-state index contributed by atoms with van der Waals surface area (Å²) in [6.45, 7) is 1.65. The molecule has 2 N–H and O–H groups in total. The van der Waals surface area contributed by atoms with Crippen LogP contribution < -0.4 is 10.6 Å². The van der Waals surface area contributed by atoms with E-state index in [0.29, 0.717) is 16.8 Å². The Kier molecular flexibility index (Phi) is 4.80. The van der Waals surface area contributed by atoms with Crippen molar-refractivity contribution in [1.29, 1.82) is 0 Å². The Morgan fingerprint density at radius 2 is 1.86 bits per heavy atom. The number of nitro benzene ring substituents is 1. The number of nitrogens with one attached hydrogen (secondary N) is 2. The number of rotatable bonds is 3. The molecule has 0 bridgehead atoms. The maximum absolute atomic E-state index is 11.9. The molecule has 0 aliphatic rings. The number of thiocarbonyl (C=S) groups is 1. The number of benzene rings is 2. The summed E-state index contributed by atoms with van der Waals surface area (Å²) in [7, 11) is 0. The van der Waals surface area contributed by atoms with Crippen LogP contribution in [0.2, 0.25) is 0 Å². The van der Waals surface area contributed by atoms with Crippen LogP contribution in [0.15, 0.2) is 48.5 Å². The predicted molar refractivity (Wildman–Crippen MR) is 88.0 cm³/mol. The Hall–Kier alpha value is -2.80. The monoisotopic (exact) mass is 315 g/mol. The van der Waals surface area contributed by atoms with Crippen LogP contribution >= 0.6 is 12.2 Å². The second-order valence-corrected chi connectivity index (χ2v) is 4.94. The minimum Gasteiger partial charge on any atom is -0.332 e. The van der Waals surface area contributed by atoms with Crippen molar-refractivity contribution in [3.63, 3.8) is 0 Å². The van der Waals surface area contributed by atoms with Crippen molar-refractivity contribution < 1.29 is 9.72 Å². The molecule has 7 heteroatoms. The first-order valence-electron chi connectivity index (χ1n) is 6.40. The summed E-state index contributed by atoms with van der Waals surface area (Å²) in [4.78, 5) is 22.4. The molecule has 0 fully saturated rings. The van der Waals surface area contributed by atoms with Crippen molar-refractivity contribution in [2.45, 2.75) is 6.92 Å². The van der Waals surface area contributed by atoms with Crippen molar-refractivity contribution in [2.75, 3.05) is 5.32 Å². The Labute approximate surface area is 132 Å². The minimum atomic E-state index is -0.466. The summed E-state index contributed by atoms with van der Waals surface area (Å²) >= 11 is 5.04. The molecule has 0 saturated heterocycles. The van der Waals surface area contributed by atoms with Crippen molar-refractivity contribution in [1.82, 2.24) is 5.32 Å². The van der Waals surface area contributed by atoms with Gasteiger partial charge < -0.3 is 5.32 Å². The lowest BCUT2D eigenvalue weighted by atomic mass is 10.2. The van der Waals surface area contributed by atoms with Gasteiger partial charge in [-0.3, -0.25) is 20.2 Å². The van der Waals surface area contributed by atoms with Crippen LogP contribution in [-0.4, -0.2) is 15.9 Å². The number of hydrogen-bond donors (Lipinski definition) is 2. The average molecular weight is 315 g/mol. The lowest BCUT2D eigenvalue weighted by Crippen LogP contribution is -2.34.